The Bertz CT molecular complexity index is 1760. The van der Waals surface area contributed by atoms with Crippen molar-refractivity contribution in [1.82, 2.24) is 0 Å². The Morgan fingerprint density at radius 2 is 0.857 bits per heavy atom. The van der Waals surface area contributed by atoms with E-state index in [4.69, 9.17) is 30.0 Å². The van der Waals surface area contributed by atoms with Gasteiger partial charge >= 0.3 is 0 Å². The SMILES string of the molecule is Cc1cc(C(c2cc(C)c(C)c3c2=NCN=3)c2c(C)c(C)c(C)c3c2=NCN=3)c2c(c1C)=NCN=2. The lowest BCUT2D eigenvalue weighted by Gasteiger charge is -2.24. The molecule has 6 heteroatoms. The second-order valence-electron chi connectivity index (χ2n) is 10.0. The van der Waals surface area contributed by atoms with Crippen molar-refractivity contribution in [2.75, 3.05) is 20.0 Å². The fraction of sp³-hybridized carbons (Fsp3) is 0.379. The van der Waals surface area contributed by atoms with Crippen LogP contribution in [0.5, 0.6) is 0 Å². The number of hydrogen-bond donors (Lipinski definition) is 0. The summed E-state index contributed by atoms with van der Waals surface area (Å²) in [6.07, 6.45) is 0. The maximum atomic E-state index is 4.93. The second-order valence-corrected chi connectivity index (χ2v) is 10.0. The van der Waals surface area contributed by atoms with Crippen LogP contribution in [0.2, 0.25) is 0 Å². The van der Waals surface area contributed by atoms with Gasteiger partial charge in [0.2, 0.25) is 0 Å². The van der Waals surface area contributed by atoms with Crippen molar-refractivity contribution < 1.29 is 0 Å². The lowest BCUT2D eigenvalue weighted by atomic mass is 9.78. The molecule has 3 heterocycles. The van der Waals surface area contributed by atoms with E-state index in [9.17, 15) is 0 Å². The van der Waals surface area contributed by atoms with Gasteiger partial charge in [0.15, 0.2) is 0 Å². The molecule has 0 saturated heterocycles. The fourth-order valence-electron chi connectivity index (χ4n) is 5.84. The average molecular weight is 463 g/mol. The second kappa shape index (κ2) is 7.74. The predicted molar refractivity (Wildman–Crippen MR) is 135 cm³/mol. The molecule has 0 amide bonds. The normalized spacial score (nSPS) is 14.9. The van der Waals surface area contributed by atoms with Crippen molar-refractivity contribution in [3.63, 3.8) is 0 Å². The Balaban J connectivity index is 1.84. The zero-order chi connectivity index (χ0) is 24.6. The van der Waals surface area contributed by atoms with Crippen LogP contribution in [0.3, 0.4) is 0 Å². The van der Waals surface area contributed by atoms with Gasteiger partial charge in [0, 0.05) is 5.92 Å². The summed E-state index contributed by atoms with van der Waals surface area (Å²) < 4.78 is 0. The minimum absolute atomic E-state index is 0.0877. The minimum atomic E-state index is -0.0877. The molecule has 6 nitrogen and oxygen atoms in total. The molecule has 0 aliphatic carbocycles. The fourth-order valence-corrected chi connectivity index (χ4v) is 5.84. The molecule has 176 valence electrons. The van der Waals surface area contributed by atoms with Gasteiger partial charge in [-0.25, -0.2) is 0 Å². The van der Waals surface area contributed by atoms with Gasteiger partial charge in [-0.05, 0) is 104 Å². The molecule has 0 radical (unpaired) electrons. The summed E-state index contributed by atoms with van der Waals surface area (Å²) in [7, 11) is 0. The highest BCUT2D eigenvalue weighted by Crippen LogP contribution is 2.31. The van der Waals surface area contributed by atoms with Crippen LogP contribution in [-0.2, 0) is 0 Å². The van der Waals surface area contributed by atoms with E-state index in [1.165, 1.54) is 55.6 Å². The third kappa shape index (κ3) is 3.01. The van der Waals surface area contributed by atoms with Gasteiger partial charge < -0.3 is 0 Å². The average Bonchev–Trinajstić information content (AvgIpc) is 3.61. The summed E-state index contributed by atoms with van der Waals surface area (Å²) in [6.45, 7) is 16.7. The standard InChI is InChI=1S/C29H30N6/c1-13-8-20(27-24(15(13)3)30-10-33-27)23(21-9-14(2)16(4)25-28(21)34-11-31-25)22-18(6)17(5)19(7)26-29(22)35-12-32-26/h8-9,23H,10-12H2,1-7H3. The molecule has 0 unspecified atom stereocenters. The Labute approximate surface area is 204 Å². The van der Waals surface area contributed by atoms with Crippen LogP contribution < -0.4 is 32.1 Å². The molecule has 3 aromatic carbocycles. The van der Waals surface area contributed by atoms with Crippen molar-refractivity contribution in [3.8, 4) is 0 Å². The molecule has 0 fully saturated rings. The number of nitrogens with zero attached hydrogens (tertiary/aromatic N) is 6. The summed E-state index contributed by atoms with van der Waals surface area (Å²) in [5.74, 6) is -0.0877. The Morgan fingerprint density at radius 1 is 0.457 bits per heavy atom. The van der Waals surface area contributed by atoms with E-state index in [0.29, 0.717) is 20.0 Å². The first kappa shape index (κ1) is 22.0. The lowest BCUT2D eigenvalue weighted by Crippen LogP contribution is -2.40. The van der Waals surface area contributed by atoms with Crippen LogP contribution >= 0.6 is 0 Å². The molecule has 3 aliphatic heterocycles. The maximum Gasteiger partial charge on any atom is 0.130 e. The van der Waals surface area contributed by atoms with Gasteiger partial charge in [-0.3, -0.25) is 30.0 Å². The third-order valence-electron chi connectivity index (χ3n) is 8.28. The van der Waals surface area contributed by atoms with Crippen LogP contribution in [0.1, 0.15) is 61.6 Å². The van der Waals surface area contributed by atoms with Crippen molar-refractivity contribution >= 4 is 0 Å². The molecule has 0 spiro atoms. The third-order valence-corrected chi connectivity index (χ3v) is 8.28. The first-order valence-electron chi connectivity index (χ1n) is 12.3. The minimum Gasteiger partial charge on any atom is -0.259 e. The summed E-state index contributed by atoms with van der Waals surface area (Å²) in [5, 5.41) is 6.08. The number of rotatable bonds is 3. The molecule has 35 heavy (non-hydrogen) atoms. The molecular formula is C29H30N6. The molecule has 0 atom stereocenters. The monoisotopic (exact) mass is 462 g/mol. The Hall–Kier alpha value is -3.54. The number of fused-ring (bicyclic) bond motifs is 3. The topological polar surface area (TPSA) is 74.2 Å². The number of hydrogen-bond acceptors (Lipinski definition) is 6. The van der Waals surface area contributed by atoms with Crippen molar-refractivity contribution in [1.29, 1.82) is 0 Å². The van der Waals surface area contributed by atoms with E-state index >= 15 is 0 Å². The van der Waals surface area contributed by atoms with Crippen molar-refractivity contribution in [2.45, 2.75) is 54.4 Å². The summed E-state index contributed by atoms with van der Waals surface area (Å²) in [6, 6.07) is 4.62. The Morgan fingerprint density at radius 3 is 1.34 bits per heavy atom. The van der Waals surface area contributed by atoms with E-state index in [2.05, 4.69) is 60.6 Å². The molecule has 3 aliphatic rings. The van der Waals surface area contributed by atoms with E-state index in [1.54, 1.807) is 0 Å². The summed E-state index contributed by atoms with van der Waals surface area (Å²) in [4.78, 5) is 29.0. The summed E-state index contributed by atoms with van der Waals surface area (Å²) in [5.41, 5.74) is 12.2. The lowest BCUT2D eigenvalue weighted by molar-refractivity contribution is 0.880. The molecular weight excluding hydrogens is 432 g/mol. The van der Waals surface area contributed by atoms with Gasteiger partial charge in [0.05, 0.1) is 32.1 Å². The molecule has 3 aromatic rings. The molecule has 0 bridgehead atoms. The van der Waals surface area contributed by atoms with Crippen LogP contribution in [0, 0.1) is 48.5 Å². The zero-order valence-corrected chi connectivity index (χ0v) is 21.5. The quantitative estimate of drug-likeness (QED) is 0.531. The van der Waals surface area contributed by atoms with E-state index < -0.39 is 0 Å². The van der Waals surface area contributed by atoms with Gasteiger partial charge in [-0.2, -0.15) is 0 Å². The van der Waals surface area contributed by atoms with Crippen molar-refractivity contribution in [2.24, 2.45) is 30.0 Å². The highest BCUT2D eigenvalue weighted by Gasteiger charge is 2.29. The highest BCUT2D eigenvalue weighted by molar-refractivity contribution is 5.52. The van der Waals surface area contributed by atoms with Gasteiger partial charge in [-0.1, -0.05) is 12.1 Å². The van der Waals surface area contributed by atoms with E-state index in [1.807, 2.05) is 0 Å². The first-order chi connectivity index (χ1) is 16.8. The molecule has 0 N–H and O–H groups in total. The van der Waals surface area contributed by atoms with Gasteiger partial charge in [0.25, 0.3) is 0 Å². The largest absolute Gasteiger partial charge is 0.259 e. The van der Waals surface area contributed by atoms with Crippen LogP contribution in [0.25, 0.3) is 0 Å². The molecule has 0 aromatic heterocycles. The first-order valence-corrected chi connectivity index (χ1v) is 12.3. The van der Waals surface area contributed by atoms with Crippen LogP contribution in [-0.4, -0.2) is 20.0 Å². The smallest absolute Gasteiger partial charge is 0.130 e. The van der Waals surface area contributed by atoms with Gasteiger partial charge in [-0.15, -0.1) is 0 Å². The zero-order valence-electron chi connectivity index (χ0n) is 21.5. The molecule has 6 rings (SSSR count). The van der Waals surface area contributed by atoms with Crippen molar-refractivity contribution in [3.05, 3.63) is 99.9 Å². The highest BCUT2D eigenvalue weighted by atomic mass is 15.0. The Kier molecular flexibility index (Phi) is 4.85. The number of benzene rings is 3. The summed E-state index contributed by atoms with van der Waals surface area (Å²) >= 11 is 0. The van der Waals surface area contributed by atoms with Crippen LogP contribution in [0.15, 0.2) is 42.1 Å². The van der Waals surface area contributed by atoms with Crippen LogP contribution in [0.4, 0.5) is 0 Å². The number of aryl methyl sites for hydroxylation is 2. The molecule has 0 saturated carbocycles. The van der Waals surface area contributed by atoms with E-state index in [-0.39, 0.29) is 5.92 Å². The predicted octanol–water partition coefficient (Wildman–Crippen LogP) is 1.66. The maximum absolute atomic E-state index is 4.93. The van der Waals surface area contributed by atoms with E-state index in [0.717, 1.165) is 32.1 Å². The van der Waals surface area contributed by atoms with Gasteiger partial charge in [0.1, 0.15) is 20.0 Å².